The zero-order valence-electron chi connectivity index (χ0n) is 39.5. The molecule has 0 aromatic carbocycles. The lowest BCUT2D eigenvalue weighted by Crippen LogP contribution is -2.30. The number of carbonyl (C=O) groups excluding carboxylic acids is 2. The molecule has 0 aliphatic carbocycles. The van der Waals surface area contributed by atoms with Crippen LogP contribution >= 0.6 is 0 Å². The summed E-state index contributed by atoms with van der Waals surface area (Å²) < 4.78 is 0. The highest BCUT2D eigenvalue weighted by atomic mass is 16.4. The first-order chi connectivity index (χ1) is 28.1. The van der Waals surface area contributed by atoms with Gasteiger partial charge >= 0.3 is 11.9 Å². The number of nitrogens with zero attached hydrogens (tertiary/aromatic N) is 2. The SMILES string of the molecule is CCCCCCCCCCCCCCCCCC=CC=CC(=O)N(C)CC(=O)O.CCCCCCCCCCCCCCCCCC=CC=CC(=O)N(C)CC(=O)O.N.N. The second-order valence-electron chi connectivity index (χ2n) is 16.2. The fourth-order valence-electron chi connectivity index (χ4n) is 6.71. The lowest BCUT2D eigenvalue weighted by molar-refractivity contribution is -0.142. The summed E-state index contributed by atoms with van der Waals surface area (Å²) in [5.74, 6) is -2.58. The maximum absolute atomic E-state index is 11.6. The Morgan fingerprint density at radius 3 is 0.800 bits per heavy atom. The van der Waals surface area contributed by atoms with Crippen LogP contribution in [0.5, 0.6) is 0 Å². The van der Waals surface area contributed by atoms with Crippen molar-refractivity contribution in [3.63, 3.8) is 0 Å². The first kappa shape index (κ1) is 63.4. The van der Waals surface area contributed by atoms with E-state index in [1.54, 1.807) is 12.2 Å². The summed E-state index contributed by atoms with van der Waals surface area (Å²) in [6.07, 6.45) is 57.4. The zero-order chi connectivity index (χ0) is 43.2. The van der Waals surface area contributed by atoms with Crippen molar-refractivity contribution in [2.75, 3.05) is 27.2 Å². The molecule has 8 N–H and O–H groups in total. The minimum Gasteiger partial charge on any atom is -0.480 e. The van der Waals surface area contributed by atoms with Gasteiger partial charge in [-0.05, 0) is 25.7 Å². The minimum absolute atomic E-state index is 0. The van der Waals surface area contributed by atoms with E-state index in [4.69, 9.17) is 10.2 Å². The number of allylic oxidation sites excluding steroid dienone is 6. The molecule has 0 fully saturated rings. The average molecular weight is 849 g/mol. The van der Waals surface area contributed by atoms with Gasteiger partial charge in [0.05, 0.1) is 0 Å². The average Bonchev–Trinajstić information content (AvgIpc) is 3.19. The molecule has 0 bridgehead atoms. The predicted octanol–water partition coefficient (Wildman–Crippen LogP) is 14.1. The van der Waals surface area contributed by atoms with E-state index < -0.39 is 11.9 Å². The van der Waals surface area contributed by atoms with E-state index in [0.29, 0.717) is 0 Å². The molecule has 0 aromatic heterocycles. The van der Waals surface area contributed by atoms with Crippen LogP contribution in [-0.2, 0) is 19.2 Å². The van der Waals surface area contributed by atoms with Crippen molar-refractivity contribution in [2.45, 2.75) is 219 Å². The molecular weight excluding hydrogens is 753 g/mol. The Labute approximate surface area is 369 Å². The van der Waals surface area contributed by atoms with Crippen molar-refractivity contribution in [1.82, 2.24) is 22.1 Å². The largest absolute Gasteiger partial charge is 0.480 e. The van der Waals surface area contributed by atoms with E-state index in [9.17, 15) is 19.2 Å². The van der Waals surface area contributed by atoms with E-state index in [2.05, 4.69) is 26.0 Å². The molecule has 0 aliphatic rings. The van der Waals surface area contributed by atoms with Gasteiger partial charge in [-0.2, -0.15) is 0 Å². The highest BCUT2D eigenvalue weighted by Gasteiger charge is 2.08. The highest BCUT2D eigenvalue weighted by Crippen LogP contribution is 2.15. The highest BCUT2D eigenvalue weighted by molar-refractivity contribution is 5.90. The van der Waals surface area contributed by atoms with Crippen LogP contribution in [0.1, 0.15) is 219 Å². The van der Waals surface area contributed by atoms with E-state index in [0.717, 1.165) is 12.8 Å². The molecule has 0 rings (SSSR count). The second kappa shape index (κ2) is 51.9. The lowest BCUT2D eigenvalue weighted by Gasteiger charge is -2.10. The van der Waals surface area contributed by atoms with Crippen LogP contribution < -0.4 is 12.3 Å². The molecule has 352 valence electrons. The summed E-state index contributed by atoms with van der Waals surface area (Å²) in [4.78, 5) is 46.6. The third-order valence-electron chi connectivity index (χ3n) is 10.4. The molecule has 60 heavy (non-hydrogen) atoms. The summed E-state index contributed by atoms with van der Waals surface area (Å²) in [6, 6.07) is 0. The Bertz CT molecular complexity index is 1010. The molecule has 0 atom stereocenters. The molecular formula is C50H96N4O6. The molecule has 0 unspecified atom stereocenters. The van der Waals surface area contributed by atoms with Crippen LogP contribution in [0.2, 0.25) is 0 Å². The number of rotatable bonds is 40. The van der Waals surface area contributed by atoms with Crippen molar-refractivity contribution in [2.24, 2.45) is 0 Å². The molecule has 0 aromatic rings. The summed E-state index contributed by atoms with van der Waals surface area (Å²) >= 11 is 0. The number of carboxylic acids is 2. The van der Waals surface area contributed by atoms with E-state index in [1.165, 1.54) is 229 Å². The monoisotopic (exact) mass is 849 g/mol. The van der Waals surface area contributed by atoms with Gasteiger partial charge in [-0.25, -0.2) is 0 Å². The van der Waals surface area contributed by atoms with Crippen LogP contribution in [0.3, 0.4) is 0 Å². The van der Waals surface area contributed by atoms with Gasteiger partial charge in [0.1, 0.15) is 13.1 Å². The Hall–Kier alpha value is -3.24. The van der Waals surface area contributed by atoms with Gasteiger partial charge in [-0.15, -0.1) is 0 Å². The third kappa shape index (κ3) is 52.8. The van der Waals surface area contributed by atoms with Gasteiger partial charge in [0.2, 0.25) is 11.8 Å². The van der Waals surface area contributed by atoms with Crippen molar-refractivity contribution in [3.05, 3.63) is 48.6 Å². The molecule has 10 nitrogen and oxygen atoms in total. The standard InChI is InChI=1S/2C25H45NO3.2H3N/c2*1-3-4-5-6-7-8-9-10-11-12-13-14-15-16-17-18-19-20-21-22-24(27)26(2)23-25(28)29;;/h2*19-22H,3-18,23H2,1-2H3,(H,28,29);2*1H3. The summed E-state index contributed by atoms with van der Waals surface area (Å²) in [5.41, 5.74) is 0. The third-order valence-corrected chi connectivity index (χ3v) is 10.4. The van der Waals surface area contributed by atoms with E-state index in [-0.39, 0.29) is 37.2 Å². The number of likely N-dealkylation sites (N-methyl/N-ethyl adjacent to an activating group) is 2. The van der Waals surface area contributed by atoms with Crippen LogP contribution in [0.4, 0.5) is 0 Å². The molecule has 10 heteroatoms. The second-order valence-corrected chi connectivity index (χ2v) is 16.2. The van der Waals surface area contributed by atoms with Crippen LogP contribution in [-0.4, -0.2) is 71.0 Å². The van der Waals surface area contributed by atoms with Gasteiger partial charge in [-0.1, -0.05) is 230 Å². The van der Waals surface area contributed by atoms with Crippen LogP contribution in [0.25, 0.3) is 0 Å². The van der Waals surface area contributed by atoms with Gasteiger partial charge in [0.15, 0.2) is 0 Å². The zero-order valence-corrected chi connectivity index (χ0v) is 39.5. The first-order valence-electron chi connectivity index (χ1n) is 23.8. The van der Waals surface area contributed by atoms with Gasteiger partial charge in [0, 0.05) is 26.2 Å². The van der Waals surface area contributed by atoms with Crippen molar-refractivity contribution < 1.29 is 29.4 Å². The number of carbonyl (C=O) groups is 4. The molecule has 2 amide bonds. The van der Waals surface area contributed by atoms with E-state index in [1.807, 2.05) is 12.2 Å². The number of hydrogen-bond acceptors (Lipinski definition) is 6. The molecule has 0 aliphatic heterocycles. The summed E-state index contributed by atoms with van der Waals surface area (Å²) in [7, 11) is 2.97. The van der Waals surface area contributed by atoms with Gasteiger partial charge in [-0.3, -0.25) is 19.2 Å². The number of aliphatic carboxylic acids is 2. The smallest absolute Gasteiger partial charge is 0.323 e. The van der Waals surface area contributed by atoms with Gasteiger partial charge < -0.3 is 32.3 Å². The molecule has 0 spiro atoms. The van der Waals surface area contributed by atoms with Gasteiger partial charge in [0.25, 0.3) is 0 Å². The number of hydrogen-bond donors (Lipinski definition) is 4. The Kier molecular flexibility index (Phi) is 54.8. The van der Waals surface area contributed by atoms with E-state index >= 15 is 0 Å². The molecule has 0 saturated carbocycles. The Morgan fingerprint density at radius 2 is 0.583 bits per heavy atom. The van der Waals surface area contributed by atoms with Crippen LogP contribution in [0.15, 0.2) is 48.6 Å². The molecule has 0 heterocycles. The number of amides is 2. The number of carboxylic acid groups (broad SMARTS) is 2. The minimum atomic E-state index is -1.00. The Balaban J connectivity index is -0.000000506. The molecule has 0 saturated heterocycles. The van der Waals surface area contributed by atoms with Crippen LogP contribution in [0, 0.1) is 0 Å². The quantitative estimate of drug-likeness (QED) is 0.0266. The summed E-state index contributed by atoms with van der Waals surface area (Å²) in [6.45, 7) is 4.00. The maximum atomic E-state index is 11.6. The molecule has 0 radical (unpaired) electrons. The fraction of sp³-hybridized carbons (Fsp3) is 0.760. The van der Waals surface area contributed by atoms with Crippen molar-refractivity contribution in [1.29, 1.82) is 0 Å². The first-order valence-corrected chi connectivity index (χ1v) is 23.8. The maximum Gasteiger partial charge on any atom is 0.323 e. The normalized spacial score (nSPS) is 11.1. The van der Waals surface area contributed by atoms with Crippen molar-refractivity contribution >= 4 is 23.8 Å². The Morgan fingerprint density at radius 1 is 0.367 bits per heavy atom. The topological polar surface area (TPSA) is 185 Å². The lowest BCUT2D eigenvalue weighted by atomic mass is 10.0. The predicted molar refractivity (Wildman–Crippen MR) is 256 cm³/mol. The number of unbranched alkanes of at least 4 members (excludes halogenated alkanes) is 30. The van der Waals surface area contributed by atoms with Crippen molar-refractivity contribution in [3.8, 4) is 0 Å². The summed E-state index contributed by atoms with van der Waals surface area (Å²) in [5, 5.41) is 17.3. The fourth-order valence-corrected chi connectivity index (χ4v) is 6.71.